The number of nitrogens with zero attached hydrogens (tertiary/aromatic N) is 5. The second-order valence-electron chi connectivity index (χ2n) is 7.09. The van der Waals surface area contributed by atoms with Crippen LogP contribution in [0.25, 0.3) is 16.8 Å². The minimum Gasteiger partial charge on any atom is -0.329 e. The zero-order valence-electron chi connectivity index (χ0n) is 17.2. The van der Waals surface area contributed by atoms with Crippen LogP contribution >= 0.6 is 0 Å². The first kappa shape index (κ1) is 23.1. The van der Waals surface area contributed by atoms with Crippen LogP contribution in [0.5, 0.6) is 0 Å². The van der Waals surface area contributed by atoms with E-state index in [2.05, 4.69) is 24.9 Å². The molecule has 0 bridgehead atoms. The summed E-state index contributed by atoms with van der Waals surface area (Å²) in [6.45, 7) is -0.216. The summed E-state index contributed by atoms with van der Waals surface area (Å²) < 4.78 is 55.9. The molecule has 7 N–H and O–H groups in total. The molecule has 0 atom stereocenters. The van der Waals surface area contributed by atoms with Gasteiger partial charge in [0.25, 0.3) is 0 Å². The number of aromatic nitrogens is 2. The Morgan fingerprint density at radius 2 is 1.82 bits per heavy atom. The van der Waals surface area contributed by atoms with E-state index >= 15 is 0 Å². The number of pyridine rings is 1. The molecule has 174 valence electrons. The fourth-order valence-corrected chi connectivity index (χ4v) is 6.36. The third kappa shape index (κ3) is 4.29. The molecule has 0 aliphatic carbocycles. The Morgan fingerprint density at radius 3 is 2.45 bits per heavy atom. The molecule has 1 aromatic carbocycles. The van der Waals surface area contributed by atoms with Gasteiger partial charge in [0.05, 0.1) is 5.56 Å². The Kier molecular flexibility index (Phi) is 6.08. The van der Waals surface area contributed by atoms with Crippen LogP contribution in [0.15, 0.2) is 67.9 Å². The van der Waals surface area contributed by atoms with Gasteiger partial charge in [-0.1, -0.05) is 6.07 Å². The summed E-state index contributed by atoms with van der Waals surface area (Å²) in [5.74, 6) is -0.0613. The lowest BCUT2D eigenvalue weighted by molar-refractivity contribution is 0.548. The Hall–Kier alpha value is -3.08. The van der Waals surface area contributed by atoms with E-state index in [1.165, 1.54) is 6.07 Å². The number of azo groups is 1. The molecular weight excluding hydrogens is 470 g/mol. The van der Waals surface area contributed by atoms with E-state index < -0.39 is 35.9 Å². The molecule has 0 unspecified atom stereocenters. The van der Waals surface area contributed by atoms with E-state index in [0.29, 0.717) is 16.8 Å². The number of aliphatic imine (C=N–C) groups is 1. The molecule has 1 aliphatic heterocycles. The maximum atomic E-state index is 13.2. The third-order valence-corrected chi connectivity index (χ3v) is 7.65. The van der Waals surface area contributed by atoms with Crippen molar-refractivity contribution < 1.29 is 16.8 Å². The molecule has 3 heterocycles. The Balaban J connectivity index is 2.08. The maximum Gasteiger partial charge on any atom is 0.242 e. The minimum atomic E-state index is -4.60. The summed E-state index contributed by atoms with van der Waals surface area (Å²) >= 11 is 0. The molecule has 33 heavy (non-hydrogen) atoms. The summed E-state index contributed by atoms with van der Waals surface area (Å²) in [6, 6.07) is 5.25. The van der Waals surface area contributed by atoms with Crippen molar-refractivity contribution in [3.05, 3.63) is 48.4 Å². The molecule has 3 aromatic rings. The SMILES string of the molecule is NCC(CN)NS(=O)(=O)c1ccc(-c2cccn3ccnc23)c(C2=NCN=N2)c1S(N)(=O)=O. The van der Waals surface area contributed by atoms with Crippen LogP contribution in [-0.2, 0) is 20.0 Å². The average molecular weight is 492 g/mol. The lowest BCUT2D eigenvalue weighted by atomic mass is 9.99. The van der Waals surface area contributed by atoms with E-state index in [9.17, 15) is 16.8 Å². The predicted octanol–water partition coefficient (Wildman–Crippen LogP) is -0.617. The third-order valence-electron chi connectivity index (χ3n) is 4.97. The molecular formula is C18H21N9O4S2. The van der Waals surface area contributed by atoms with E-state index in [1.54, 1.807) is 35.1 Å². The topological polar surface area (TPSA) is 213 Å². The van der Waals surface area contributed by atoms with Crippen molar-refractivity contribution in [3.8, 4) is 11.1 Å². The Bertz CT molecular complexity index is 1490. The number of nitrogens with two attached hydrogens (primary N) is 3. The number of hydrogen-bond acceptors (Lipinski definition) is 10. The molecule has 0 fully saturated rings. The highest BCUT2D eigenvalue weighted by molar-refractivity contribution is 7.92. The van der Waals surface area contributed by atoms with Crippen molar-refractivity contribution in [3.63, 3.8) is 0 Å². The molecule has 0 saturated carbocycles. The van der Waals surface area contributed by atoms with Crippen LogP contribution in [0.2, 0.25) is 0 Å². The smallest absolute Gasteiger partial charge is 0.242 e. The van der Waals surface area contributed by atoms with E-state index in [4.69, 9.17) is 16.6 Å². The fraction of sp³-hybridized carbons (Fsp3) is 0.222. The van der Waals surface area contributed by atoms with Crippen LogP contribution in [0.1, 0.15) is 5.56 Å². The second kappa shape index (κ2) is 8.69. The van der Waals surface area contributed by atoms with Gasteiger partial charge in [-0.15, -0.1) is 5.11 Å². The minimum absolute atomic E-state index is 0.0376. The number of sulfonamides is 2. The van der Waals surface area contributed by atoms with Gasteiger partial charge in [0.1, 0.15) is 15.4 Å². The number of primary sulfonamides is 1. The van der Waals surface area contributed by atoms with Gasteiger partial charge < -0.3 is 15.9 Å². The zero-order valence-corrected chi connectivity index (χ0v) is 18.8. The van der Waals surface area contributed by atoms with Gasteiger partial charge in [-0.05, 0) is 23.8 Å². The highest BCUT2D eigenvalue weighted by Gasteiger charge is 2.33. The summed E-state index contributed by atoms with van der Waals surface area (Å²) in [4.78, 5) is 7.22. The van der Waals surface area contributed by atoms with Crippen LogP contribution in [-0.4, -0.2) is 57.9 Å². The molecule has 0 amide bonds. The Morgan fingerprint density at radius 1 is 1.06 bits per heavy atom. The average Bonchev–Trinajstić information content (AvgIpc) is 3.47. The summed E-state index contributed by atoms with van der Waals surface area (Å²) in [5.41, 5.74) is 12.4. The van der Waals surface area contributed by atoms with Crippen LogP contribution in [0.3, 0.4) is 0 Å². The predicted molar refractivity (Wildman–Crippen MR) is 120 cm³/mol. The lowest BCUT2D eigenvalue weighted by Crippen LogP contribution is -2.45. The number of rotatable bonds is 8. The summed E-state index contributed by atoms with van der Waals surface area (Å²) in [5, 5.41) is 13.2. The van der Waals surface area contributed by atoms with Gasteiger partial charge in [0.2, 0.25) is 20.0 Å². The van der Waals surface area contributed by atoms with Gasteiger partial charge >= 0.3 is 0 Å². The van der Waals surface area contributed by atoms with Crippen molar-refractivity contribution >= 4 is 31.5 Å². The molecule has 1 aliphatic rings. The molecule has 0 spiro atoms. The van der Waals surface area contributed by atoms with Crippen LogP contribution in [0, 0.1) is 0 Å². The van der Waals surface area contributed by atoms with Gasteiger partial charge in [0.15, 0.2) is 12.5 Å². The first-order valence-corrected chi connectivity index (χ1v) is 12.7. The molecule has 15 heteroatoms. The molecule has 2 aromatic heterocycles. The van der Waals surface area contributed by atoms with Crippen LogP contribution in [0.4, 0.5) is 0 Å². The van der Waals surface area contributed by atoms with Gasteiger partial charge in [-0.2, -0.15) is 5.11 Å². The van der Waals surface area contributed by atoms with Gasteiger partial charge in [-0.25, -0.2) is 36.7 Å². The first-order valence-electron chi connectivity index (χ1n) is 9.64. The first-order chi connectivity index (χ1) is 15.7. The van der Waals surface area contributed by atoms with E-state index in [-0.39, 0.29) is 31.2 Å². The van der Waals surface area contributed by atoms with Crippen molar-refractivity contribution in [2.75, 3.05) is 19.8 Å². The number of nitrogens with one attached hydrogen (secondary N) is 1. The number of imidazole rings is 1. The molecule has 4 rings (SSSR count). The van der Waals surface area contributed by atoms with Gasteiger partial charge in [-0.3, -0.25) is 0 Å². The van der Waals surface area contributed by atoms with Crippen molar-refractivity contribution in [2.45, 2.75) is 15.8 Å². The van der Waals surface area contributed by atoms with E-state index in [1.807, 2.05) is 0 Å². The quantitative estimate of drug-likeness (QED) is 0.320. The second-order valence-corrected chi connectivity index (χ2v) is 10.3. The molecule has 13 nitrogen and oxygen atoms in total. The summed E-state index contributed by atoms with van der Waals surface area (Å²) in [7, 11) is -8.99. The zero-order chi connectivity index (χ0) is 23.8. The number of hydrogen-bond donors (Lipinski definition) is 4. The fourth-order valence-electron chi connectivity index (χ4n) is 3.50. The lowest BCUT2D eigenvalue weighted by Gasteiger charge is -2.19. The van der Waals surface area contributed by atoms with E-state index in [0.717, 1.165) is 6.07 Å². The number of fused-ring (bicyclic) bond motifs is 1. The monoisotopic (exact) mass is 491 g/mol. The van der Waals surface area contributed by atoms with Gasteiger partial charge in [0, 0.05) is 43.3 Å². The normalized spacial score (nSPS) is 14.4. The summed E-state index contributed by atoms with van der Waals surface area (Å²) in [6.07, 6.45) is 5.06. The van der Waals surface area contributed by atoms with Crippen molar-refractivity contribution in [1.82, 2.24) is 14.1 Å². The number of amidine groups is 1. The van der Waals surface area contributed by atoms with Crippen molar-refractivity contribution in [2.24, 2.45) is 31.8 Å². The highest BCUT2D eigenvalue weighted by atomic mass is 32.2. The molecule has 0 saturated heterocycles. The standard InChI is InChI=1S/C18H21N9O4S2/c19-8-11(9-20)26-33(30,31)14-4-3-12(13-2-1-6-27-7-5-22-18(13)27)15(16(14)32(21,28)29)17-23-10-24-25-17/h1-7,11,26H,8-10,19-20H2,(H2,21,28,29). The maximum absolute atomic E-state index is 13.2. The number of benzene rings is 1. The Labute approximate surface area is 189 Å². The molecule has 0 radical (unpaired) electrons. The van der Waals surface area contributed by atoms with Crippen molar-refractivity contribution in [1.29, 1.82) is 0 Å². The highest BCUT2D eigenvalue weighted by Crippen LogP contribution is 2.36. The van der Waals surface area contributed by atoms with Crippen LogP contribution < -0.4 is 21.3 Å². The largest absolute Gasteiger partial charge is 0.329 e.